The first-order valence-corrected chi connectivity index (χ1v) is 6.24. The zero-order valence-electron chi connectivity index (χ0n) is 8.45. The molecule has 0 amide bonds. The summed E-state index contributed by atoms with van der Waals surface area (Å²) in [6.45, 7) is 5.48. The van der Waals surface area contributed by atoms with Gasteiger partial charge in [0.05, 0.1) is 23.5 Å². The van der Waals surface area contributed by atoms with Gasteiger partial charge in [0.2, 0.25) is 0 Å². The maximum absolute atomic E-state index is 11.5. The highest BCUT2D eigenvalue weighted by molar-refractivity contribution is 7.92. The van der Waals surface area contributed by atoms with Crippen molar-refractivity contribution in [2.24, 2.45) is 5.92 Å². The van der Waals surface area contributed by atoms with Crippen LogP contribution in [0.15, 0.2) is 0 Å². The number of rotatable bonds is 5. The highest BCUT2D eigenvalue weighted by atomic mass is 32.2. The van der Waals surface area contributed by atoms with Crippen molar-refractivity contribution in [3.63, 3.8) is 0 Å². The molecule has 0 aliphatic heterocycles. The standard InChI is InChI=1S/C9H17NO2S/c1-4-8(2)7-13(11,12)9(3)5-6-10/h8-9H,4-5,7H2,1-3H3. The Kier molecular flexibility index (Phi) is 5.01. The quantitative estimate of drug-likeness (QED) is 0.684. The molecule has 76 valence electrons. The van der Waals surface area contributed by atoms with Gasteiger partial charge in [-0.2, -0.15) is 5.26 Å². The predicted octanol–water partition coefficient (Wildman–Crippen LogP) is 1.75. The first kappa shape index (κ1) is 12.4. The van der Waals surface area contributed by atoms with Crippen LogP contribution in [0.4, 0.5) is 0 Å². The fourth-order valence-corrected chi connectivity index (χ4v) is 2.62. The van der Waals surface area contributed by atoms with Gasteiger partial charge < -0.3 is 0 Å². The van der Waals surface area contributed by atoms with Crippen molar-refractivity contribution in [3.05, 3.63) is 0 Å². The summed E-state index contributed by atoms with van der Waals surface area (Å²) in [5.74, 6) is 0.387. The molecule has 0 rings (SSSR count). The van der Waals surface area contributed by atoms with Crippen molar-refractivity contribution in [2.75, 3.05) is 5.75 Å². The lowest BCUT2D eigenvalue weighted by molar-refractivity contribution is 0.554. The highest BCUT2D eigenvalue weighted by Crippen LogP contribution is 2.12. The lowest BCUT2D eigenvalue weighted by Gasteiger charge is -2.12. The summed E-state index contributed by atoms with van der Waals surface area (Å²) in [4.78, 5) is 0. The summed E-state index contributed by atoms with van der Waals surface area (Å²) in [7, 11) is -3.06. The minimum absolute atomic E-state index is 0.0960. The highest BCUT2D eigenvalue weighted by Gasteiger charge is 2.22. The van der Waals surface area contributed by atoms with Gasteiger partial charge >= 0.3 is 0 Å². The van der Waals surface area contributed by atoms with Crippen molar-refractivity contribution < 1.29 is 8.42 Å². The minimum Gasteiger partial charge on any atom is -0.229 e. The van der Waals surface area contributed by atoms with E-state index >= 15 is 0 Å². The van der Waals surface area contributed by atoms with E-state index in [1.807, 2.05) is 19.9 Å². The minimum atomic E-state index is -3.06. The molecule has 0 aromatic rings. The fourth-order valence-electron chi connectivity index (χ4n) is 0.934. The summed E-state index contributed by atoms with van der Waals surface area (Å²) >= 11 is 0. The van der Waals surface area contributed by atoms with Crippen LogP contribution in [0, 0.1) is 17.2 Å². The molecule has 0 saturated heterocycles. The van der Waals surface area contributed by atoms with Crippen LogP contribution in [0.25, 0.3) is 0 Å². The number of nitriles is 1. The molecule has 0 aromatic carbocycles. The third-order valence-corrected chi connectivity index (χ3v) is 4.63. The van der Waals surface area contributed by atoms with Crippen LogP contribution in [0.2, 0.25) is 0 Å². The van der Waals surface area contributed by atoms with Crippen molar-refractivity contribution in [2.45, 2.75) is 38.9 Å². The second kappa shape index (κ2) is 5.23. The molecular formula is C9H17NO2S. The predicted molar refractivity (Wildman–Crippen MR) is 52.9 cm³/mol. The van der Waals surface area contributed by atoms with Gasteiger partial charge in [-0.05, 0) is 12.8 Å². The second-order valence-corrected chi connectivity index (χ2v) is 5.98. The van der Waals surface area contributed by atoms with E-state index in [1.54, 1.807) is 6.92 Å². The zero-order valence-corrected chi connectivity index (χ0v) is 9.26. The molecule has 2 unspecified atom stereocenters. The van der Waals surface area contributed by atoms with E-state index in [4.69, 9.17) is 5.26 Å². The Bertz CT molecular complexity index is 276. The number of hydrogen-bond donors (Lipinski definition) is 0. The zero-order chi connectivity index (χ0) is 10.5. The molecule has 0 radical (unpaired) electrons. The topological polar surface area (TPSA) is 57.9 Å². The molecule has 0 fully saturated rings. The average Bonchev–Trinajstić information content (AvgIpc) is 2.04. The van der Waals surface area contributed by atoms with E-state index in [-0.39, 0.29) is 18.1 Å². The van der Waals surface area contributed by atoms with E-state index in [1.165, 1.54) is 0 Å². The molecule has 0 bridgehead atoms. The largest absolute Gasteiger partial charge is 0.229 e. The smallest absolute Gasteiger partial charge is 0.154 e. The molecule has 0 aliphatic rings. The van der Waals surface area contributed by atoms with Gasteiger partial charge in [0.15, 0.2) is 9.84 Å². The van der Waals surface area contributed by atoms with Gasteiger partial charge in [-0.25, -0.2) is 8.42 Å². The maximum Gasteiger partial charge on any atom is 0.154 e. The van der Waals surface area contributed by atoms with Crippen LogP contribution >= 0.6 is 0 Å². The van der Waals surface area contributed by atoms with Crippen molar-refractivity contribution in [3.8, 4) is 6.07 Å². The monoisotopic (exact) mass is 203 g/mol. The SMILES string of the molecule is CCC(C)CS(=O)(=O)C(C)CC#N. The number of hydrogen-bond acceptors (Lipinski definition) is 3. The first-order valence-electron chi connectivity index (χ1n) is 4.52. The number of sulfone groups is 1. The van der Waals surface area contributed by atoms with Crippen molar-refractivity contribution in [1.82, 2.24) is 0 Å². The fraction of sp³-hybridized carbons (Fsp3) is 0.889. The van der Waals surface area contributed by atoms with Crippen molar-refractivity contribution in [1.29, 1.82) is 5.26 Å². The summed E-state index contributed by atoms with van der Waals surface area (Å²) in [6.07, 6.45) is 0.956. The molecule has 0 aliphatic carbocycles. The van der Waals surface area contributed by atoms with Gasteiger partial charge in [0.1, 0.15) is 0 Å². The molecule has 4 heteroatoms. The first-order chi connectivity index (χ1) is 5.94. The van der Waals surface area contributed by atoms with E-state index in [0.717, 1.165) is 6.42 Å². The Morgan fingerprint density at radius 3 is 2.31 bits per heavy atom. The molecule has 3 nitrogen and oxygen atoms in total. The third kappa shape index (κ3) is 4.28. The van der Waals surface area contributed by atoms with Gasteiger partial charge in [0, 0.05) is 0 Å². The Morgan fingerprint density at radius 2 is 1.92 bits per heavy atom. The summed E-state index contributed by atoms with van der Waals surface area (Å²) < 4.78 is 23.1. The molecule has 0 aromatic heterocycles. The molecule has 13 heavy (non-hydrogen) atoms. The molecule has 0 heterocycles. The van der Waals surface area contributed by atoms with Crippen LogP contribution in [0.3, 0.4) is 0 Å². The van der Waals surface area contributed by atoms with Gasteiger partial charge in [-0.3, -0.25) is 0 Å². The van der Waals surface area contributed by atoms with Gasteiger partial charge in [0.25, 0.3) is 0 Å². The normalized spacial score (nSPS) is 16.2. The Hall–Kier alpha value is -0.560. The average molecular weight is 203 g/mol. The van der Waals surface area contributed by atoms with Crippen LogP contribution in [-0.4, -0.2) is 19.4 Å². The third-order valence-electron chi connectivity index (χ3n) is 2.21. The van der Waals surface area contributed by atoms with Crippen molar-refractivity contribution >= 4 is 9.84 Å². The molecule has 0 saturated carbocycles. The molecular weight excluding hydrogens is 186 g/mol. The van der Waals surface area contributed by atoms with E-state index < -0.39 is 15.1 Å². The van der Waals surface area contributed by atoms with Crippen LogP contribution < -0.4 is 0 Å². The van der Waals surface area contributed by atoms with Crippen LogP contribution in [0.1, 0.15) is 33.6 Å². The van der Waals surface area contributed by atoms with E-state index in [0.29, 0.717) is 0 Å². The maximum atomic E-state index is 11.5. The lowest BCUT2D eigenvalue weighted by Crippen LogP contribution is -2.24. The summed E-state index contributed by atoms with van der Waals surface area (Å²) in [5, 5.41) is 7.86. The Labute approximate surface area is 80.7 Å². The summed E-state index contributed by atoms with van der Waals surface area (Å²) in [5.41, 5.74) is 0. The van der Waals surface area contributed by atoms with Gasteiger partial charge in [-0.15, -0.1) is 0 Å². The lowest BCUT2D eigenvalue weighted by atomic mass is 10.2. The van der Waals surface area contributed by atoms with Gasteiger partial charge in [-0.1, -0.05) is 20.3 Å². The summed E-state index contributed by atoms with van der Waals surface area (Å²) in [6, 6.07) is 1.89. The Morgan fingerprint density at radius 1 is 1.38 bits per heavy atom. The van der Waals surface area contributed by atoms with E-state index in [9.17, 15) is 8.42 Å². The molecule has 0 spiro atoms. The van der Waals surface area contributed by atoms with Crippen LogP contribution in [-0.2, 0) is 9.84 Å². The second-order valence-electron chi connectivity index (χ2n) is 3.52. The van der Waals surface area contributed by atoms with Crippen LogP contribution in [0.5, 0.6) is 0 Å². The number of nitrogens with zero attached hydrogens (tertiary/aromatic N) is 1. The molecule has 2 atom stereocenters. The van der Waals surface area contributed by atoms with E-state index in [2.05, 4.69) is 0 Å². The Balaban J connectivity index is 4.33. The molecule has 0 N–H and O–H groups in total.